The molecule has 4 nitrogen and oxygen atoms in total. The lowest BCUT2D eigenvalue weighted by Gasteiger charge is -2.31. The number of ether oxygens (including phenoxy) is 1. The summed E-state index contributed by atoms with van der Waals surface area (Å²) in [4.78, 5) is 25.4. The maximum Gasteiger partial charge on any atom is 0.307 e. The van der Waals surface area contributed by atoms with Crippen molar-refractivity contribution in [1.82, 2.24) is 4.90 Å². The molecule has 1 aliphatic rings. The summed E-state index contributed by atoms with van der Waals surface area (Å²) in [6.45, 7) is 7.40. The second kappa shape index (κ2) is 6.21. The number of carbonyl (C=O) groups excluding carboxylic acids is 2. The van der Waals surface area contributed by atoms with E-state index in [1.807, 2.05) is 6.92 Å². The molecule has 1 unspecified atom stereocenters. The van der Waals surface area contributed by atoms with E-state index < -0.39 is 0 Å². The van der Waals surface area contributed by atoms with Crippen LogP contribution in [-0.4, -0.2) is 37.0 Å². The smallest absolute Gasteiger partial charge is 0.307 e. The van der Waals surface area contributed by atoms with E-state index in [0.717, 1.165) is 19.3 Å². The molecule has 104 valence electrons. The molecule has 1 rings (SSSR count). The van der Waals surface area contributed by atoms with Gasteiger partial charge in [-0.05, 0) is 25.2 Å². The average molecular weight is 255 g/mol. The van der Waals surface area contributed by atoms with Crippen LogP contribution in [-0.2, 0) is 14.3 Å². The number of nitrogens with zero attached hydrogens (tertiary/aromatic N) is 1. The molecule has 0 aliphatic heterocycles. The fourth-order valence-corrected chi connectivity index (χ4v) is 2.76. The molecule has 0 aromatic rings. The van der Waals surface area contributed by atoms with E-state index in [9.17, 15) is 9.59 Å². The molecule has 1 amide bonds. The topological polar surface area (TPSA) is 46.6 Å². The summed E-state index contributed by atoms with van der Waals surface area (Å²) in [7, 11) is 1.38. The van der Waals surface area contributed by atoms with Crippen LogP contribution < -0.4 is 0 Å². The lowest BCUT2D eigenvalue weighted by atomic mass is 9.81. The zero-order valence-corrected chi connectivity index (χ0v) is 12.0. The van der Waals surface area contributed by atoms with Gasteiger partial charge in [-0.1, -0.05) is 20.3 Å². The predicted molar refractivity (Wildman–Crippen MR) is 70.0 cm³/mol. The highest BCUT2D eigenvalue weighted by molar-refractivity contribution is 5.80. The highest BCUT2D eigenvalue weighted by atomic mass is 16.5. The van der Waals surface area contributed by atoms with Crippen LogP contribution in [0.25, 0.3) is 0 Å². The zero-order valence-electron chi connectivity index (χ0n) is 12.0. The number of carbonyl (C=O) groups is 2. The Balaban J connectivity index is 2.59. The van der Waals surface area contributed by atoms with Gasteiger partial charge in [-0.3, -0.25) is 9.59 Å². The summed E-state index contributed by atoms with van der Waals surface area (Å²) in [6.07, 6.45) is 3.49. The highest BCUT2D eigenvalue weighted by Gasteiger charge is 2.40. The Morgan fingerprint density at radius 3 is 2.50 bits per heavy atom. The molecule has 18 heavy (non-hydrogen) atoms. The highest BCUT2D eigenvalue weighted by Crippen LogP contribution is 2.43. The van der Waals surface area contributed by atoms with Crippen LogP contribution in [0.5, 0.6) is 0 Å². The van der Waals surface area contributed by atoms with Crippen molar-refractivity contribution in [1.29, 1.82) is 0 Å². The van der Waals surface area contributed by atoms with Crippen LogP contribution in [0.1, 0.15) is 46.5 Å². The fraction of sp³-hybridized carbons (Fsp3) is 0.857. The minimum Gasteiger partial charge on any atom is -0.469 e. The molecule has 0 N–H and O–H groups in total. The number of amides is 1. The number of hydrogen-bond acceptors (Lipinski definition) is 3. The SMILES string of the molecule is CCN(CCC(=O)OC)C(=O)C1CCCC1(C)C. The van der Waals surface area contributed by atoms with E-state index in [4.69, 9.17) is 0 Å². The van der Waals surface area contributed by atoms with Gasteiger partial charge in [0.15, 0.2) is 0 Å². The molecule has 4 heteroatoms. The van der Waals surface area contributed by atoms with Crippen molar-refractivity contribution in [3.05, 3.63) is 0 Å². The number of methoxy groups -OCH3 is 1. The van der Waals surface area contributed by atoms with Gasteiger partial charge in [-0.25, -0.2) is 0 Å². The average Bonchev–Trinajstić information content (AvgIpc) is 2.68. The summed E-state index contributed by atoms with van der Waals surface area (Å²) in [6, 6.07) is 0. The van der Waals surface area contributed by atoms with E-state index in [1.54, 1.807) is 4.90 Å². The number of rotatable bonds is 5. The Hall–Kier alpha value is -1.06. The van der Waals surface area contributed by atoms with Crippen LogP contribution in [0.15, 0.2) is 0 Å². The van der Waals surface area contributed by atoms with Crippen molar-refractivity contribution in [3.8, 4) is 0 Å². The molecule has 0 saturated heterocycles. The zero-order chi connectivity index (χ0) is 13.8. The molecule has 1 atom stereocenters. The molecule has 1 fully saturated rings. The third kappa shape index (κ3) is 3.47. The molecule has 0 spiro atoms. The van der Waals surface area contributed by atoms with Gasteiger partial charge in [0.1, 0.15) is 0 Å². The van der Waals surface area contributed by atoms with Gasteiger partial charge in [0.25, 0.3) is 0 Å². The second-order valence-corrected chi connectivity index (χ2v) is 5.68. The van der Waals surface area contributed by atoms with Crippen molar-refractivity contribution in [3.63, 3.8) is 0 Å². The number of esters is 1. The first kappa shape index (κ1) is 15.0. The van der Waals surface area contributed by atoms with Gasteiger partial charge in [0, 0.05) is 19.0 Å². The van der Waals surface area contributed by atoms with Gasteiger partial charge in [-0.2, -0.15) is 0 Å². The van der Waals surface area contributed by atoms with Crippen molar-refractivity contribution < 1.29 is 14.3 Å². The van der Waals surface area contributed by atoms with Gasteiger partial charge in [0.2, 0.25) is 5.91 Å². The van der Waals surface area contributed by atoms with E-state index in [2.05, 4.69) is 18.6 Å². The van der Waals surface area contributed by atoms with Gasteiger partial charge >= 0.3 is 5.97 Å². The second-order valence-electron chi connectivity index (χ2n) is 5.68. The molecule has 0 aromatic carbocycles. The first-order chi connectivity index (χ1) is 8.42. The van der Waals surface area contributed by atoms with Crippen molar-refractivity contribution in [2.24, 2.45) is 11.3 Å². The van der Waals surface area contributed by atoms with Crippen LogP contribution in [0.4, 0.5) is 0 Å². The van der Waals surface area contributed by atoms with Crippen LogP contribution >= 0.6 is 0 Å². The van der Waals surface area contributed by atoms with Gasteiger partial charge in [0.05, 0.1) is 13.5 Å². The fourth-order valence-electron chi connectivity index (χ4n) is 2.76. The van der Waals surface area contributed by atoms with Crippen molar-refractivity contribution >= 4 is 11.9 Å². The van der Waals surface area contributed by atoms with Gasteiger partial charge < -0.3 is 9.64 Å². The Bertz CT molecular complexity index is 312. The molecular weight excluding hydrogens is 230 g/mol. The van der Waals surface area contributed by atoms with Crippen LogP contribution in [0.3, 0.4) is 0 Å². The third-order valence-corrected chi connectivity index (χ3v) is 4.06. The number of hydrogen-bond donors (Lipinski definition) is 0. The summed E-state index contributed by atoms with van der Waals surface area (Å²) < 4.78 is 4.61. The van der Waals surface area contributed by atoms with Crippen LogP contribution in [0.2, 0.25) is 0 Å². The molecule has 0 radical (unpaired) electrons. The van der Waals surface area contributed by atoms with Crippen LogP contribution in [0, 0.1) is 11.3 Å². The predicted octanol–water partition coefficient (Wildman–Crippen LogP) is 2.22. The lowest BCUT2D eigenvalue weighted by molar-refractivity contribution is -0.143. The Kier molecular flexibility index (Phi) is 5.17. The van der Waals surface area contributed by atoms with E-state index >= 15 is 0 Å². The summed E-state index contributed by atoms with van der Waals surface area (Å²) in [5, 5.41) is 0. The largest absolute Gasteiger partial charge is 0.469 e. The Morgan fingerprint density at radius 1 is 1.39 bits per heavy atom. The first-order valence-corrected chi connectivity index (χ1v) is 6.78. The molecule has 1 saturated carbocycles. The molecular formula is C14H25NO3. The lowest BCUT2D eigenvalue weighted by Crippen LogP contribution is -2.41. The summed E-state index contributed by atoms with van der Waals surface area (Å²) in [5.41, 5.74) is 0.0930. The van der Waals surface area contributed by atoms with E-state index in [0.29, 0.717) is 13.1 Å². The minimum absolute atomic E-state index is 0.0930. The summed E-state index contributed by atoms with van der Waals surface area (Å²) in [5.74, 6) is 0.0472. The summed E-state index contributed by atoms with van der Waals surface area (Å²) >= 11 is 0. The maximum absolute atomic E-state index is 12.5. The van der Waals surface area contributed by atoms with Crippen molar-refractivity contribution in [2.45, 2.75) is 46.5 Å². The quantitative estimate of drug-likeness (QED) is 0.708. The molecule has 1 aliphatic carbocycles. The molecule has 0 aromatic heterocycles. The van der Waals surface area contributed by atoms with Gasteiger partial charge in [-0.15, -0.1) is 0 Å². The monoisotopic (exact) mass is 255 g/mol. The van der Waals surface area contributed by atoms with Crippen molar-refractivity contribution in [2.75, 3.05) is 20.2 Å². The van der Waals surface area contributed by atoms with E-state index in [-0.39, 0.29) is 29.6 Å². The normalized spacial score (nSPS) is 21.7. The first-order valence-electron chi connectivity index (χ1n) is 6.78. The third-order valence-electron chi connectivity index (χ3n) is 4.06. The maximum atomic E-state index is 12.5. The van der Waals surface area contributed by atoms with E-state index in [1.165, 1.54) is 7.11 Å². The standard InChI is InChI=1S/C14H25NO3/c1-5-15(10-8-12(16)18-4)13(17)11-7-6-9-14(11,2)3/h11H,5-10H2,1-4H3. The molecule has 0 bridgehead atoms. The Labute approximate surface area is 110 Å². The minimum atomic E-state index is -0.257. The Morgan fingerprint density at radius 2 is 2.06 bits per heavy atom. The molecule has 0 heterocycles.